The van der Waals surface area contributed by atoms with E-state index in [0.29, 0.717) is 12.8 Å². The second-order valence-corrected chi connectivity index (χ2v) is 10.5. The molecule has 0 rings (SSSR count). The fourth-order valence-electron chi connectivity index (χ4n) is 4.21. The molecule has 0 aliphatic heterocycles. The molecule has 0 saturated carbocycles. The molecule has 5 heteroatoms. The van der Waals surface area contributed by atoms with Crippen molar-refractivity contribution in [1.82, 2.24) is 0 Å². The molecule has 0 aromatic carbocycles. The average Bonchev–Trinajstić information content (AvgIpc) is 2.94. The second kappa shape index (κ2) is 30.7. The van der Waals surface area contributed by atoms with E-state index in [1.807, 2.05) is 0 Å². The molecule has 0 aliphatic carbocycles. The summed E-state index contributed by atoms with van der Waals surface area (Å²) in [5, 5.41) is 9.44. The summed E-state index contributed by atoms with van der Waals surface area (Å²) in [5.41, 5.74) is 0. The molecule has 1 atom stereocenters. The Kier molecular flexibility index (Phi) is 29.2. The number of hydrogen-bond donors (Lipinski definition) is 1. The van der Waals surface area contributed by atoms with E-state index in [4.69, 9.17) is 9.47 Å². The summed E-state index contributed by atoms with van der Waals surface area (Å²) in [5.74, 6) is -0.619. The SMILES string of the molecule is CCCCC/C=C\C/C=C\C/C=C\CCCCCCCCC(=O)OC(CO)COC(=O)CCCCCCCC. The number of esters is 2. The molecule has 0 aliphatic rings. The molecule has 1 N–H and O–H groups in total. The highest BCUT2D eigenvalue weighted by molar-refractivity contribution is 5.70. The third-order valence-electron chi connectivity index (χ3n) is 6.69. The van der Waals surface area contributed by atoms with Gasteiger partial charge in [-0.2, -0.15) is 0 Å². The number of carbonyl (C=O) groups is 2. The van der Waals surface area contributed by atoms with Crippen LogP contribution in [0.25, 0.3) is 0 Å². The standard InChI is InChI=1S/C34H60O5/c1-3-5-7-9-11-12-13-14-15-16-17-18-19-20-21-22-23-25-27-29-34(37)39-32(30-35)31-38-33(36)28-26-24-10-8-6-4-2/h11-12,14-15,17-18,32,35H,3-10,13,16,19-31H2,1-2H3/b12-11-,15-14-,18-17-. The van der Waals surface area contributed by atoms with Crippen LogP contribution >= 0.6 is 0 Å². The van der Waals surface area contributed by atoms with E-state index in [-0.39, 0.29) is 25.2 Å². The minimum Gasteiger partial charge on any atom is -0.462 e. The van der Waals surface area contributed by atoms with Crippen LogP contribution in [0.5, 0.6) is 0 Å². The van der Waals surface area contributed by atoms with E-state index >= 15 is 0 Å². The Labute approximate surface area is 240 Å². The first-order chi connectivity index (χ1) is 19.1. The zero-order valence-corrected chi connectivity index (χ0v) is 25.4. The van der Waals surface area contributed by atoms with Gasteiger partial charge in [0.2, 0.25) is 0 Å². The molecule has 0 aromatic rings. The second-order valence-electron chi connectivity index (χ2n) is 10.5. The maximum atomic E-state index is 12.0. The van der Waals surface area contributed by atoms with Crippen molar-refractivity contribution in [1.29, 1.82) is 0 Å². The smallest absolute Gasteiger partial charge is 0.306 e. The van der Waals surface area contributed by atoms with Crippen molar-refractivity contribution in [2.75, 3.05) is 13.2 Å². The summed E-state index contributed by atoms with van der Waals surface area (Å²) in [7, 11) is 0. The highest BCUT2D eigenvalue weighted by Gasteiger charge is 2.16. The van der Waals surface area contributed by atoms with Gasteiger partial charge >= 0.3 is 11.9 Å². The fraction of sp³-hybridized carbons (Fsp3) is 0.765. The van der Waals surface area contributed by atoms with Gasteiger partial charge in [0.1, 0.15) is 6.61 Å². The zero-order valence-electron chi connectivity index (χ0n) is 25.4. The van der Waals surface area contributed by atoms with Gasteiger partial charge in [0.15, 0.2) is 6.10 Å². The molecule has 5 nitrogen and oxygen atoms in total. The molecule has 0 spiro atoms. The van der Waals surface area contributed by atoms with Gasteiger partial charge in [0.05, 0.1) is 6.61 Å². The highest BCUT2D eigenvalue weighted by atomic mass is 16.6. The van der Waals surface area contributed by atoms with Crippen LogP contribution in [-0.4, -0.2) is 36.4 Å². The third-order valence-corrected chi connectivity index (χ3v) is 6.69. The van der Waals surface area contributed by atoms with E-state index in [1.54, 1.807) is 0 Å². The number of carbonyl (C=O) groups excluding carboxylic acids is 2. The monoisotopic (exact) mass is 548 g/mol. The van der Waals surface area contributed by atoms with Crippen LogP contribution in [-0.2, 0) is 19.1 Å². The topological polar surface area (TPSA) is 72.8 Å². The van der Waals surface area contributed by atoms with Crippen LogP contribution in [0.2, 0.25) is 0 Å². The first-order valence-electron chi connectivity index (χ1n) is 16.0. The van der Waals surface area contributed by atoms with E-state index < -0.39 is 6.10 Å². The Morgan fingerprint density at radius 3 is 1.59 bits per heavy atom. The molecule has 0 fully saturated rings. The number of rotatable bonds is 28. The maximum Gasteiger partial charge on any atom is 0.306 e. The Hall–Kier alpha value is -1.88. The summed E-state index contributed by atoms with van der Waals surface area (Å²) in [4.78, 5) is 23.9. The van der Waals surface area contributed by atoms with Crippen molar-refractivity contribution in [2.24, 2.45) is 0 Å². The average molecular weight is 549 g/mol. The number of ether oxygens (including phenoxy) is 2. The van der Waals surface area contributed by atoms with Crippen molar-refractivity contribution in [3.8, 4) is 0 Å². The van der Waals surface area contributed by atoms with Crippen LogP contribution in [0.3, 0.4) is 0 Å². The van der Waals surface area contributed by atoms with Crippen LogP contribution in [0.15, 0.2) is 36.5 Å². The van der Waals surface area contributed by atoms with Crippen molar-refractivity contribution < 1.29 is 24.2 Å². The van der Waals surface area contributed by atoms with Gasteiger partial charge in [0.25, 0.3) is 0 Å². The molecule has 226 valence electrons. The first-order valence-corrected chi connectivity index (χ1v) is 16.0. The van der Waals surface area contributed by atoms with Gasteiger partial charge in [-0.05, 0) is 51.4 Å². The number of hydrogen-bond acceptors (Lipinski definition) is 5. The van der Waals surface area contributed by atoms with Gasteiger partial charge in [-0.25, -0.2) is 0 Å². The largest absolute Gasteiger partial charge is 0.462 e. The third kappa shape index (κ3) is 28.9. The minimum atomic E-state index is -0.772. The molecular weight excluding hydrogens is 488 g/mol. The number of unbranched alkanes of at least 4 members (excludes halogenated alkanes) is 14. The van der Waals surface area contributed by atoms with Crippen LogP contribution in [0, 0.1) is 0 Å². The van der Waals surface area contributed by atoms with E-state index in [2.05, 4.69) is 50.3 Å². The molecule has 1 unspecified atom stereocenters. The van der Waals surface area contributed by atoms with Gasteiger partial charge < -0.3 is 14.6 Å². The van der Waals surface area contributed by atoms with Crippen molar-refractivity contribution in [3.63, 3.8) is 0 Å². The van der Waals surface area contributed by atoms with Crippen molar-refractivity contribution >= 4 is 11.9 Å². The van der Waals surface area contributed by atoms with Gasteiger partial charge in [-0.15, -0.1) is 0 Å². The molecule has 0 radical (unpaired) electrons. The van der Waals surface area contributed by atoms with Gasteiger partial charge in [0, 0.05) is 12.8 Å². The predicted molar refractivity (Wildman–Crippen MR) is 164 cm³/mol. The van der Waals surface area contributed by atoms with Gasteiger partial charge in [-0.3, -0.25) is 9.59 Å². The number of aliphatic hydroxyl groups is 1. The maximum absolute atomic E-state index is 12.0. The highest BCUT2D eigenvalue weighted by Crippen LogP contribution is 2.11. The minimum absolute atomic E-state index is 0.0713. The molecule has 0 aromatic heterocycles. The quantitative estimate of drug-likeness (QED) is 0.0599. The molecular formula is C34H60O5. The lowest BCUT2D eigenvalue weighted by Gasteiger charge is -2.15. The van der Waals surface area contributed by atoms with Crippen LogP contribution in [0.4, 0.5) is 0 Å². The lowest BCUT2D eigenvalue weighted by molar-refractivity contribution is -0.161. The molecule has 0 heterocycles. The Balaban J connectivity index is 3.60. The summed E-state index contributed by atoms with van der Waals surface area (Å²) in [6, 6.07) is 0. The van der Waals surface area contributed by atoms with E-state index in [9.17, 15) is 14.7 Å². The Bertz CT molecular complexity index is 637. The summed E-state index contributed by atoms with van der Waals surface area (Å²) in [6.07, 6.45) is 35.0. The Morgan fingerprint density at radius 1 is 0.590 bits per heavy atom. The molecule has 0 bridgehead atoms. The summed E-state index contributed by atoms with van der Waals surface area (Å²) in [6.45, 7) is 4.01. The molecule has 0 saturated heterocycles. The molecule has 39 heavy (non-hydrogen) atoms. The van der Waals surface area contributed by atoms with Crippen molar-refractivity contribution in [3.05, 3.63) is 36.5 Å². The lowest BCUT2D eigenvalue weighted by Crippen LogP contribution is -2.28. The van der Waals surface area contributed by atoms with Gasteiger partial charge in [-0.1, -0.05) is 121 Å². The number of allylic oxidation sites excluding steroid dienone is 6. The normalized spacial score (nSPS) is 12.6. The van der Waals surface area contributed by atoms with Crippen LogP contribution < -0.4 is 0 Å². The molecule has 0 amide bonds. The Morgan fingerprint density at radius 2 is 1.03 bits per heavy atom. The van der Waals surface area contributed by atoms with Crippen LogP contribution in [0.1, 0.15) is 149 Å². The van der Waals surface area contributed by atoms with E-state index in [0.717, 1.165) is 57.8 Å². The zero-order chi connectivity index (χ0) is 28.7. The summed E-state index contributed by atoms with van der Waals surface area (Å²) < 4.78 is 10.5. The lowest BCUT2D eigenvalue weighted by atomic mass is 10.1. The number of aliphatic hydroxyl groups excluding tert-OH is 1. The predicted octanol–water partition coefficient (Wildman–Crippen LogP) is 9.33. The van der Waals surface area contributed by atoms with E-state index in [1.165, 1.54) is 64.2 Å². The first kappa shape index (κ1) is 37.1. The summed E-state index contributed by atoms with van der Waals surface area (Å²) >= 11 is 0. The fourth-order valence-corrected chi connectivity index (χ4v) is 4.21. The van der Waals surface area contributed by atoms with Crippen molar-refractivity contribution in [2.45, 2.75) is 155 Å².